The lowest BCUT2D eigenvalue weighted by atomic mass is 9.93. The van der Waals surface area contributed by atoms with Crippen LogP contribution in [0.25, 0.3) is 0 Å². The zero-order chi connectivity index (χ0) is 17.4. The summed E-state index contributed by atoms with van der Waals surface area (Å²) < 4.78 is 0. The largest absolute Gasteiger partial charge is 0.346 e. The van der Waals surface area contributed by atoms with Gasteiger partial charge in [-0.15, -0.1) is 0 Å². The molecule has 0 bridgehead atoms. The van der Waals surface area contributed by atoms with Crippen LogP contribution in [-0.2, 0) is 9.59 Å². The molecule has 0 fully saturated rings. The number of nitrogens with zero attached hydrogens (tertiary/aromatic N) is 2. The average molecular weight is 332 g/mol. The standard InChI is InChI=1S/C20H32N2O2/c1-21(19(23)17-11-5-3-6-12-17)15-9-10-16-22(2)20(24)18-13-7-4-8-14-18/h3-5,7,17-18H,6,8-16H2,1-2H3/t17-,18-/m0/s1. The van der Waals surface area contributed by atoms with Crippen LogP contribution < -0.4 is 0 Å². The van der Waals surface area contributed by atoms with Gasteiger partial charge < -0.3 is 9.80 Å². The second-order valence-corrected chi connectivity index (χ2v) is 7.19. The van der Waals surface area contributed by atoms with Crippen molar-refractivity contribution in [3.05, 3.63) is 24.3 Å². The van der Waals surface area contributed by atoms with Crippen molar-refractivity contribution in [3.8, 4) is 0 Å². The number of carbonyl (C=O) groups is 2. The normalized spacial score (nSPS) is 23.1. The summed E-state index contributed by atoms with van der Waals surface area (Å²) in [6.45, 7) is 1.57. The average Bonchev–Trinajstić information content (AvgIpc) is 2.65. The Balaban J connectivity index is 1.62. The monoisotopic (exact) mass is 332 g/mol. The summed E-state index contributed by atoms with van der Waals surface area (Å²) in [5.74, 6) is 0.891. The molecule has 4 nitrogen and oxygen atoms in total. The SMILES string of the molecule is CN(CCCCN(C)C(=O)[C@H]1CC=CCC1)C(=O)[C@H]1CC=CCC1. The number of amides is 2. The van der Waals surface area contributed by atoms with E-state index in [0.717, 1.165) is 64.5 Å². The summed E-state index contributed by atoms with van der Waals surface area (Å²) in [4.78, 5) is 28.5. The highest BCUT2D eigenvalue weighted by molar-refractivity contribution is 5.79. The van der Waals surface area contributed by atoms with Gasteiger partial charge in [0.2, 0.25) is 11.8 Å². The minimum Gasteiger partial charge on any atom is -0.346 e. The Morgan fingerprint density at radius 3 is 1.54 bits per heavy atom. The lowest BCUT2D eigenvalue weighted by Crippen LogP contribution is -2.36. The van der Waals surface area contributed by atoms with E-state index in [9.17, 15) is 9.59 Å². The van der Waals surface area contributed by atoms with Crippen LogP contribution in [0.2, 0.25) is 0 Å². The Hall–Kier alpha value is -1.58. The van der Waals surface area contributed by atoms with Crippen molar-refractivity contribution in [2.75, 3.05) is 27.2 Å². The molecule has 0 radical (unpaired) electrons. The van der Waals surface area contributed by atoms with E-state index < -0.39 is 0 Å². The molecular weight excluding hydrogens is 300 g/mol. The molecule has 2 rings (SSSR count). The third-order valence-electron chi connectivity index (χ3n) is 5.23. The maximum absolute atomic E-state index is 12.4. The number of hydrogen-bond acceptors (Lipinski definition) is 2. The summed E-state index contributed by atoms with van der Waals surface area (Å²) in [7, 11) is 3.81. The molecule has 2 amide bonds. The maximum atomic E-state index is 12.4. The molecule has 0 N–H and O–H groups in total. The molecule has 0 saturated carbocycles. The minimum atomic E-state index is 0.170. The Bertz CT molecular complexity index is 440. The minimum absolute atomic E-state index is 0.170. The second kappa shape index (κ2) is 9.65. The first-order valence-electron chi connectivity index (χ1n) is 9.39. The van der Waals surface area contributed by atoms with Gasteiger partial charge in [-0.25, -0.2) is 0 Å². The quantitative estimate of drug-likeness (QED) is 0.529. The molecule has 2 aliphatic carbocycles. The molecule has 134 valence electrons. The molecule has 0 aromatic carbocycles. The van der Waals surface area contributed by atoms with Crippen molar-refractivity contribution in [2.45, 2.75) is 51.4 Å². The van der Waals surface area contributed by atoms with Gasteiger partial charge in [0.15, 0.2) is 0 Å². The van der Waals surface area contributed by atoms with Crippen molar-refractivity contribution in [1.82, 2.24) is 9.80 Å². The van der Waals surface area contributed by atoms with E-state index in [2.05, 4.69) is 24.3 Å². The van der Waals surface area contributed by atoms with Crippen LogP contribution in [0, 0.1) is 11.8 Å². The Kier molecular flexibility index (Phi) is 7.54. The summed E-state index contributed by atoms with van der Waals surface area (Å²) in [5.41, 5.74) is 0. The van der Waals surface area contributed by atoms with E-state index in [1.54, 1.807) is 0 Å². The molecule has 0 heterocycles. The van der Waals surface area contributed by atoms with E-state index in [4.69, 9.17) is 0 Å². The first-order chi connectivity index (χ1) is 11.6. The second-order valence-electron chi connectivity index (χ2n) is 7.19. The van der Waals surface area contributed by atoms with Gasteiger partial charge in [0.05, 0.1) is 0 Å². The topological polar surface area (TPSA) is 40.6 Å². The van der Waals surface area contributed by atoms with Gasteiger partial charge in [0.25, 0.3) is 0 Å². The lowest BCUT2D eigenvalue weighted by molar-refractivity contribution is -0.135. The van der Waals surface area contributed by atoms with Crippen molar-refractivity contribution >= 4 is 11.8 Å². The third-order valence-corrected chi connectivity index (χ3v) is 5.23. The molecular formula is C20H32N2O2. The van der Waals surface area contributed by atoms with E-state index in [-0.39, 0.29) is 23.7 Å². The van der Waals surface area contributed by atoms with Crippen molar-refractivity contribution in [1.29, 1.82) is 0 Å². The van der Waals surface area contributed by atoms with Crippen molar-refractivity contribution < 1.29 is 9.59 Å². The van der Waals surface area contributed by atoms with Gasteiger partial charge in [0, 0.05) is 39.0 Å². The molecule has 0 unspecified atom stereocenters. The van der Waals surface area contributed by atoms with Crippen LogP contribution in [0.4, 0.5) is 0 Å². The van der Waals surface area contributed by atoms with Crippen LogP contribution in [0.1, 0.15) is 51.4 Å². The molecule has 0 saturated heterocycles. The fourth-order valence-corrected chi connectivity index (χ4v) is 3.58. The zero-order valence-corrected chi connectivity index (χ0v) is 15.2. The molecule has 2 aliphatic rings. The highest BCUT2D eigenvalue weighted by Gasteiger charge is 2.23. The van der Waals surface area contributed by atoms with Gasteiger partial charge in [-0.3, -0.25) is 9.59 Å². The number of hydrogen-bond donors (Lipinski definition) is 0. The molecule has 4 heteroatoms. The number of allylic oxidation sites excluding steroid dienone is 4. The molecule has 0 aliphatic heterocycles. The van der Waals surface area contributed by atoms with Crippen LogP contribution in [0.15, 0.2) is 24.3 Å². The molecule has 24 heavy (non-hydrogen) atoms. The van der Waals surface area contributed by atoms with Gasteiger partial charge in [-0.1, -0.05) is 24.3 Å². The highest BCUT2D eigenvalue weighted by Crippen LogP contribution is 2.21. The lowest BCUT2D eigenvalue weighted by Gasteiger charge is -2.26. The Morgan fingerprint density at radius 1 is 0.792 bits per heavy atom. The van der Waals surface area contributed by atoms with E-state index in [1.807, 2.05) is 23.9 Å². The van der Waals surface area contributed by atoms with Crippen molar-refractivity contribution in [2.24, 2.45) is 11.8 Å². The first-order valence-corrected chi connectivity index (χ1v) is 9.39. The predicted octanol–water partition coefficient (Wildman–Crippen LogP) is 3.40. The summed E-state index contributed by atoms with van der Waals surface area (Å²) in [5, 5.41) is 0. The molecule has 0 aromatic rings. The first kappa shape index (κ1) is 18.8. The Labute approximate surface area is 146 Å². The number of rotatable bonds is 7. The van der Waals surface area contributed by atoms with E-state index in [0.29, 0.717) is 0 Å². The van der Waals surface area contributed by atoms with Crippen LogP contribution in [0.5, 0.6) is 0 Å². The van der Waals surface area contributed by atoms with Crippen LogP contribution in [0.3, 0.4) is 0 Å². The van der Waals surface area contributed by atoms with Gasteiger partial charge in [-0.2, -0.15) is 0 Å². The molecule has 0 spiro atoms. The highest BCUT2D eigenvalue weighted by atomic mass is 16.2. The fraction of sp³-hybridized carbons (Fsp3) is 0.700. The van der Waals surface area contributed by atoms with Gasteiger partial charge >= 0.3 is 0 Å². The fourth-order valence-electron chi connectivity index (χ4n) is 3.58. The maximum Gasteiger partial charge on any atom is 0.225 e. The van der Waals surface area contributed by atoms with Gasteiger partial charge in [-0.05, 0) is 51.4 Å². The summed E-state index contributed by atoms with van der Waals surface area (Å²) in [6.07, 6.45) is 16.3. The van der Waals surface area contributed by atoms with E-state index >= 15 is 0 Å². The summed E-state index contributed by atoms with van der Waals surface area (Å²) in [6, 6.07) is 0. The number of unbranched alkanes of at least 4 members (excludes halogenated alkanes) is 1. The van der Waals surface area contributed by atoms with E-state index in [1.165, 1.54) is 0 Å². The van der Waals surface area contributed by atoms with Crippen LogP contribution in [-0.4, -0.2) is 48.8 Å². The van der Waals surface area contributed by atoms with Crippen LogP contribution >= 0.6 is 0 Å². The number of carbonyl (C=O) groups excluding carboxylic acids is 2. The zero-order valence-electron chi connectivity index (χ0n) is 15.2. The smallest absolute Gasteiger partial charge is 0.225 e. The van der Waals surface area contributed by atoms with Gasteiger partial charge in [0.1, 0.15) is 0 Å². The summed E-state index contributed by atoms with van der Waals surface area (Å²) >= 11 is 0. The molecule has 0 aromatic heterocycles. The molecule has 2 atom stereocenters. The van der Waals surface area contributed by atoms with Crippen molar-refractivity contribution in [3.63, 3.8) is 0 Å². The Morgan fingerprint density at radius 2 is 1.21 bits per heavy atom. The third kappa shape index (κ3) is 5.50. The predicted molar refractivity (Wildman–Crippen MR) is 97.5 cm³/mol.